The summed E-state index contributed by atoms with van der Waals surface area (Å²) >= 11 is 0. The molecule has 0 amide bonds. The Hall–Kier alpha value is -2.54. The summed E-state index contributed by atoms with van der Waals surface area (Å²) in [7, 11) is 2.17. The number of hydrogen-bond donors (Lipinski definition) is 2. The van der Waals surface area contributed by atoms with E-state index in [0.717, 1.165) is 55.1 Å². The minimum atomic E-state index is -0.485. The lowest BCUT2D eigenvalue weighted by molar-refractivity contribution is 0.0904. The van der Waals surface area contributed by atoms with E-state index in [1.807, 2.05) is 0 Å². The van der Waals surface area contributed by atoms with E-state index in [0.29, 0.717) is 5.56 Å². The minimum absolute atomic E-state index is 0.290. The van der Waals surface area contributed by atoms with Crippen LogP contribution in [0.4, 0.5) is 0 Å². The van der Waals surface area contributed by atoms with Gasteiger partial charge in [0.1, 0.15) is 12.4 Å². The molecule has 1 fully saturated rings. The van der Waals surface area contributed by atoms with Gasteiger partial charge in [-0.05, 0) is 30.8 Å². The highest BCUT2D eigenvalue weighted by molar-refractivity contribution is 5.99. The second-order valence-electron chi connectivity index (χ2n) is 7.17. The third kappa shape index (κ3) is 3.93. The van der Waals surface area contributed by atoms with Gasteiger partial charge in [-0.3, -0.25) is 9.69 Å². The molecule has 140 valence electrons. The van der Waals surface area contributed by atoms with Crippen molar-refractivity contribution in [2.75, 3.05) is 39.8 Å². The zero-order valence-electron chi connectivity index (χ0n) is 15.5. The molecule has 0 aliphatic carbocycles. The number of nitrogens with one attached hydrogen (secondary N) is 1. The van der Waals surface area contributed by atoms with Crippen LogP contribution in [0.2, 0.25) is 0 Å². The molecule has 0 unspecified atom stereocenters. The summed E-state index contributed by atoms with van der Waals surface area (Å²) in [6, 6.07) is 13.7. The van der Waals surface area contributed by atoms with E-state index in [4.69, 9.17) is 5.11 Å². The van der Waals surface area contributed by atoms with E-state index in [1.165, 1.54) is 5.56 Å². The average molecular weight is 364 g/mol. The predicted molar refractivity (Wildman–Crippen MR) is 106 cm³/mol. The van der Waals surface area contributed by atoms with Crippen LogP contribution in [0.25, 0.3) is 22.4 Å². The zero-order valence-corrected chi connectivity index (χ0v) is 15.5. The highest BCUT2D eigenvalue weighted by atomic mass is 16.3. The first-order chi connectivity index (χ1) is 13.1. The molecule has 0 saturated carbocycles. The van der Waals surface area contributed by atoms with Crippen LogP contribution in [0, 0.1) is 0 Å². The highest BCUT2D eigenvalue weighted by Crippen LogP contribution is 2.22. The van der Waals surface area contributed by atoms with Gasteiger partial charge in [-0.25, -0.2) is 4.98 Å². The third-order valence-corrected chi connectivity index (χ3v) is 5.18. The SMILES string of the molecule is CN1CCN(Cc2ccc(-c3nc4ccc(C(=O)CO)cc4[nH]3)cc2)CC1. The Bertz CT molecular complexity index is 940. The fourth-order valence-electron chi connectivity index (χ4n) is 3.44. The van der Waals surface area contributed by atoms with E-state index in [9.17, 15) is 4.79 Å². The Balaban J connectivity index is 1.50. The average Bonchev–Trinajstić information content (AvgIpc) is 3.13. The Morgan fingerprint density at radius 2 is 1.85 bits per heavy atom. The lowest BCUT2D eigenvalue weighted by atomic mass is 10.1. The van der Waals surface area contributed by atoms with Gasteiger partial charge in [-0.15, -0.1) is 0 Å². The number of Topliss-reactive ketones (excluding diaryl/α,β-unsaturated/α-hetero) is 1. The molecule has 0 radical (unpaired) electrons. The van der Waals surface area contributed by atoms with E-state index >= 15 is 0 Å². The molecule has 0 bridgehead atoms. The number of fused-ring (bicyclic) bond motifs is 1. The van der Waals surface area contributed by atoms with Crippen molar-refractivity contribution in [1.82, 2.24) is 19.8 Å². The van der Waals surface area contributed by atoms with Crippen LogP contribution in [-0.4, -0.2) is 70.5 Å². The molecular weight excluding hydrogens is 340 g/mol. The zero-order chi connectivity index (χ0) is 18.8. The number of aliphatic hydroxyl groups excluding tert-OH is 1. The third-order valence-electron chi connectivity index (χ3n) is 5.18. The summed E-state index contributed by atoms with van der Waals surface area (Å²) < 4.78 is 0. The Kier molecular flexibility index (Phi) is 5.03. The number of likely N-dealkylation sites (N-methyl/N-ethyl adjacent to an activating group) is 1. The van der Waals surface area contributed by atoms with E-state index in [2.05, 4.69) is 51.1 Å². The molecule has 3 aromatic rings. The number of aliphatic hydroxyl groups is 1. The molecule has 2 N–H and O–H groups in total. The van der Waals surface area contributed by atoms with Gasteiger partial charge in [-0.1, -0.05) is 24.3 Å². The maximum atomic E-state index is 11.7. The van der Waals surface area contributed by atoms with Gasteiger partial charge in [0.05, 0.1) is 11.0 Å². The van der Waals surface area contributed by atoms with Crippen LogP contribution >= 0.6 is 0 Å². The quantitative estimate of drug-likeness (QED) is 0.679. The van der Waals surface area contributed by atoms with Crippen LogP contribution in [-0.2, 0) is 6.54 Å². The molecule has 1 aliphatic rings. The Morgan fingerprint density at radius 3 is 2.56 bits per heavy atom. The van der Waals surface area contributed by atoms with Crippen molar-refractivity contribution in [3.63, 3.8) is 0 Å². The molecule has 0 spiro atoms. The monoisotopic (exact) mass is 364 g/mol. The molecule has 1 aliphatic heterocycles. The van der Waals surface area contributed by atoms with Gasteiger partial charge < -0.3 is 15.0 Å². The first-order valence-corrected chi connectivity index (χ1v) is 9.26. The van der Waals surface area contributed by atoms with Gasteiger partial charge in [0, 0.05) is 43.9 Å². The van der Waals surface area contributed by atoms with Gasteiger partial charge in [0.25, 0.3) is 0 Å². The molecule has 4 rings (SSSR count). The maximum absolute atomic E-state index is 11.7. The normalized spacial score (nSPS) is 16.1. The van der Waals surface area contributed by atoms with E-state index in [1.54, 1.807) is 18.2 Å². The second-order valence-corrected chi connectivity index (χ2v) is 7.17. The van der Waals surface area contributed by atoms with Crippen LogP contribution in [0.1, 0.15) is 15.9 Å². The highest BCUT2D eigenvalue weighted by Gasteiger charge is 2.14. The van der Waals surface area contributed by atoms with Crippen molar-refractivity contribution >= 4 is 16.8 Å². The number of imidazole rings is 1. The lowest BCUT2D eigenvalue weighted by Crippen LogP contribution is -2.43. The number of aromatic amines is 1. The van der Waals surface area contributed by atoms with Gasteiger partial charge in [0.15, 0.2) is 5.78 Å². The number of carbonyl (C=O) groups is 1. The summed E-state index contributed by atoms with van der Waals surface area (Å²) in [5.74, 6) is 0.492. The van der Waals surface area contributed by atoms with Crippen molar-refractivity contribution < 1.29 is 9.90 Å². The minimum Gasteiger partial charge on any atom is -0.388 e. The van der Waals surface area contributed by atoms with Crippen molar-refractivity contribution in [1.29, 1.82) is 0 Å². The standard InChI is InChI=1S/C21H24N4O2/c1-24-8-10-25(11-9-24)13-15-2-4-16(5-3-15)21-22-18-7-6-17(20(27)14-26)12-19(18)23-21/h2-7,12,26H,8-11,13-14H2,1H3,(H,22,23). The van der Waals surface area contributed by atoms with Crippen molar-refractivity contribution in [3.8, 4) is 11.4 Å². The van der Waals surface area contributed by atoms with Crippen LogP contribution in [0.3, 0.4) is 0 Å². The molecule has 0 atom stereocenters. The molecule has 6 nitrogen and oxygen atoms in total. The van der Waals surface area contributed by atoms with Gasteiger partial charge in [0.2, 0.25) is 0 Å². The number of piperazine rings is 1. The number of rotatable bonds is 5. The van der Waals surface area contributed by atoms with Gasteiger partial charge >= 0.3 is 0 Å². The van der Waals surface area contributed by atoms with Crippen LogP contribution in [0.5, 0.6) is 0 Å². The first-order valence-electron chi connectivity index (χ1n) is 9.26. The molecule has 1 saturated heterocycles. The first kappa shape index (κ1) is 17.9. The number of aromatic nitrogens is 2. The molecular formula is C21H24N4O2. The van der Waals surface area contributed by atoms with Crippen LogP contribution in [0.15, 0.2) is 42.5 Å². The fraction of sp³-hybridized carbons (Fsp3) is 0.333. The molecule has 27 heavy (non-hydrogen) atoms. The Morgan fingerprint density at radius 1 is 1.11 bits per heavy atom. The summed E-state index contributed by atoms with van der Waals surface area (Å²) in [6.45, 7) is 4.95. The number of benzene rings is 2. The summed E-state index contributed by atoms with van der Waals surface area (Å²) in [4.78, 5) is 24.4. The molecule has 2 heterocycles. The number of hydrogen-bond acceptors (Lipinski definition) is 5. The largest absolute Gasteiger partial charge is 0.388 e. The van der Waals surface area contributed by atoms with Crippen molar-refractivity contribution in [3.05, 3.63) is 53.6 Å². The topological polar surface area (TPSA) is 72.5 Å². The number of nitrogens with zero attached hydrogens (tertiary/aromatic N) is 3. The summed E-state index contributed by atoms with van der Waals surface area (Å²) in [6.07, 6.45) is 0. The number of carbonyl (C=O) groups excluding carboxylic acids is 1. The summed E-state index contributed by atoms with van der Waals surface area (Å²) in [5.41, 5.74) is 4.41. The summed E-state index contributed by atoms with van der Waals surface area (Å²) in [5, 5.41) is 9.02. The van der Waals surface area contributed by atoms with Crippen molar-refractivity contribution in [2.24, 2.45) is 0 Å². The van der Waals surface area contributed by atoms with E-state index in [-0.39, 0.29) is 5.78 Å². The lowest BCUT2D eigenvalue weighted by Gasteiger charge is -2.32. The Labute approximate surface area is 158 Å². The molecule has 2 aromatic carbocycles. The predicted octanol–water partition coefficient (Wildman–Crippen LogP) is 2.15. The van der Waals surface area contributed by atoms with Crippen LogP contribution < -0.4 is 0 Å². The number of ketones is 1. The molecule has 6 heteroatoms. The van der Waals surface area contributed by atoms with E-state index < -0.39 is 6.61 Å². The fourth-order valence-corrected chi connectivity index (χ4v) is 3.44. The number of H-pyrrole nitrogens is 1. The smallest absolute Gasteiger partial charge is 0.188 e. The second kappa shape index (κ2) is 7.60. The maximum Gasteiger partial charge on any atom is 0.188 e. The molecule has 1 aromatic heterocycles. The van der Waals surface area contributed by atoms with Crippen molar-refractivity contribution in [2.45, 2.75) is 6.54 Å². The van der Waals surface area contributed by atoms with Gasteiger partial charge in [-0.2, -0.15) is 0 Å².